The molecule has 16 heavy (non-hydrogen) atoms. The van der Waals surface area contributed by atoms with Crippen LogP contribution in [0, 0.1) is 6.92 Å². The molecule has 0 saturated heterocycles. The molecule has 0 radical (unpaired) electrons. The number of aryl methyl sites for hydroxylation is 1. The number of benzene rings is 1. The molecule has 2 rings (SSSR count). The normalized spacial score (nSPS) is 10.6. The highest BCUT2D eigenvalue weighted by molar-refractivity contribution is 5.95. The predicted octanol–water partition coefficient (Wildman–Crippen LogP) is 2.83. The molecule has 2 aromatic rings. The van der Waals surface area contributed by atoms with E-state index in [1.54, 1.807) is 16.7 Å². The average molecular weight is 215 g/mol. The molecular weight excluding hydrogens is 202 g/mol. The molecule has 1 heterocycles. The van der Waals surface area contributed by atoms with Gasteiger partial charge in [0.1, 0.15) is 5.69 Å². The first kappa shape index (κ1) is 10.5. The van der Waals surface area contributed by atoms with Gasteiger partial charge in [0.25, 0.3) is 0 Å². The van der Waals surface area contributed by atoms with E-state index in [4.69, 9.17) is 5.11 Å². The Morgan fingerprint density at radius 3 is 2.94 bits per heavy atom. The molecule has 3 heteroatoms. The van der Waals surface area contributed by atoms with Crippen LogP contribution in [0.3, 0.4) is 0 Å². The smallest absolute Gasteiger partial charge is 0.352 e. The number of aromatic nitrogens is 1. The second kappa shape index (κ2) is 3.85. The van der Waals surface area contributed by atoms with Crippen molar-refractivity contribution in [2.45, 2.75) is 13.5 Å². The molecule has 82 valence electrons. The first-order chi connectivity index (χ1) is 7.65. The molecule has 0 unspecified atom stereocenters. The van der Waals surface area contributed by atoms with E-state index in [1.807, 2.05) is 25.1 Å². The molecular formula is C13H13NO2. The van der Waals surface area contributed by atoms with E-state index >= 15 is 0 Å². The first-order valence-electron chi connectivity index (χ1n) is 5.08. The number of hydrogen-bond donors (Lipinski definition) is 1. The van der Waals surface area contributed by atoms with Gasteiger partial charge in [0.05, 0.1) is 5.52 Å². The Kier molecular flexibility index (Phi) is 2.52. The van der Waals surface area contributed by atoms with Crippen LogP contribution in [0.25, 0.3) is 10.9 Å². The first-order valence-corrected chi connectivity index (χ1v) is 5.08. The van der Waals surface area contributed by atoms with Crippen LogP contribution in [0.4, 0.5) is 0 Å². The van der Waals surface area contributed by atoms with Gasteiger partial charge in [-0.2, -0.15) is 0 Å². The zero-order valence-corrected chi connectivity index (χ0v) is 9.10. The summed E-state index contributed by atoms with van der Waals surface area (Å²) in [4.78, 5) is 11.1. The monoisotopic (exact) mass is 215 g/mol. The van der Waals surface area contributed by atoms with Crippen molar-refractivity contribution in [3.05, 3.63) is 48.2 Å². The zero-order chi connectivity index (χ0) is 11.7. The van der Waals surface area contributed by atoms with Gasteiger partial charge in [0.15, 0.2) is 0 Å². The van der Waals surface area contributed by atoms with Crippen LogP contribution in [-0.4, -0.2) is 15.6 Å². The Morgan fingerprint density at radius 1 is 1.56 bits per heavy atom. The molecule has 1 N–H and O–H groups in total. The molecule has 0 bridgehead atoms. The van der Waals surface area contributed by atoms with E-state index < -0.39 is 5.97 Å². The molecule has 0 atom stereocenters. The van der Waals surface area contributed by atoms with Crippen molar-refractivity contribution in [1.29, 1.82) is 0 Å². The zero-order valence-electron chi connectivity index (χ0n) is 9.10. The molecule has 0 aliphatic rings. The minimum absolute atomic E-state index is 0.309. The summed E-state index contributed by atoms with van der Waals surface area (Å²) >= 11 is 0. The summed E-state index contributed by atoms with van der Waals surface area (Å²) < 4.78 is 1.78. The number of hydrogen-bond acceptors (Lipinski definition) is 1. The molecule has 1 aromatic heterocycles. The predicted molar refractivity (Wildman–Crippen MR) is 63.8 cm³/mol. The Bertz CT molecular complexity index is 567. The molecule has 0 saturated carbocycles. The van der Waals surface area contributed by atoms with Crippen LogP contribution in [0.5, 0.6) is 0 Å². The third-order valence-corrected chi connectivity index (χ3v) is 2.65. The summed E-state index contributed by atoms with van der Waals surface area (Å²) in [5, 5.41) is 10.1. The maximum atomic E-state index is 11.1. The standard InChI is InChI=1S/C13H13NO2/c1-3-7-14-11(13(15)16)8-10-6-4-5-9(2)12(10)14/h3-6,8H,1,7H2,2H3,(H,15,16). The molecule has 0 aliphatic carbocycles. The van der Waals surface area contributed by atoms with Crippen molar-refractivity contribution in [2.75, 3.05) is 0 Å². The Labute approximate surface area is 93.6 Å². The Hall–Kier alpha value is -2.03. The summed E-state index contributed by atoms with van der Waals surface area (Å²) in [5.41, 5.74) is 2.36. The van der Waals surface area contributed by atoms with Gasteiger partial charge >= 0.3 is 5.97 Å². The third kappa shape index (κ3) is 1.50. The van der Waals surface area contributed by atoms with Crippen LogP contribution in [-0.2, 0) is 6.54 Å². The van der Waals surface area contributed by atoms with Gasteiger partial charge in [-0.25, -0.2) is 4.79 Å². The van der Waals surface area contributed by atoms with Crippen molar-refractivity contribution in [1.82, 2.24) is 4.57 Å². The van der Waals surface area contributed by atoms with Crippen molar-refractivity contribution in [2.24, 2.45) is 0 Å². The number of para-hydroxylation sites is 1. The van der Waals surface area contributed by atoms with Crippen molar-refractivity contribution in [3.63, 3.8) is 0 Å². The number of carbonyl (C=O) groups is 1. The number of aromatic carboxylic acids is 1. The summed E-state index contributed by atoms with van der Waals surface area (Å²) in [6.45, 7) is 6.15. The highest BCUT2D eigenvalue weighted by Gasteiger charge is 2.14. The summed E-state index contributed by atoms with van der Waals surface area (Å²) in [6.07, 6.45) is 1.71. The molecule has 3 nitrogen and oxygen atoms in total. The minimum Gasteiger partial charge on any atom is -0.477 e. The Morgan fingerprint density at radius 2 is 2.31 bits per heavy atom. The van der Waals surface area contributed by atoms with Crippen molar-refractivity contribution >= 4 is 16.9 Å². The van der Waals surface area contributed by atoms with Gasteiger partial charge in [-0.3, -0.25) is 0 Å². The minimum atomic E-state index is -0.905. The van der Waals surface area contributed by atoms with Gasteiger partial charge in [-0.1, -0.05) is 24.3 Å². The molecule has 0 aliphatic heterocycles. The van der Waals surface area contributed by atoms with Crippen LogP contribution >= 0.6 is 0 Å². The number of nitrogens with zero attached hydrogens (tertiary/aromatic N) is 1. The lowest BCUT2D eigenvalue weighted by molar-refractivity contribution is 0.0686. The fourth-order valence-electron chi connectivity index (χ4n) is 2.01. The SMILES string of the molecule is C=CCn1c(C(=O)O)cc2cccc(C)c21. The van der Waals surface area contributed by atoms with E-state index in [9.17, 15) is 4.79 Å². The van der Waals surface area contributed by atoms with E-state index in [0.717, 1.165) is 16.5 Å². The van der Waals surface area contributed by atoms with Crippen LogP contribution in [0.2, 0.25) is 0 Å². The topological polar surface area (TPSA) is 42.2 Å². The van der Waals surface area contributed by atoms with Gasteiger partial charge in [-0.05, 0) is 18.6 Å². The van der Waals surface area contributed by atoms with E-state index in [2.05, 4.69) is 6.58 Å². The quantitative estimate of drug-likeness (QED) is 0.800. The summed E-state index contributed by atoms with van der Waals surface area (Å²) in [7, 11) is 0. The van der Waals surface area contributed by atoms with Crippen LogP contribution in [0.1, 0.15) is 16.1 Å². The fourth-order valence-corrected chi connectivity index (χ4v) is 2.01. The van der Waals surface area contributed by atoms with E-state index in [0.29, 0.717) is 12.2 Å². The van der Waals surface area contributed by atoms with Crippen molar-refractivity contribution < 1.29 is 9.90 Å². The van der Waals surface area contributed by atoms with E-state index in [-0.39, 0.29) is 0 Å². The number of carboxylic acid groups (broad SMARTS) is 1. The number of carboxylic acids is 1. The average Bonchev–Trinajstić information content (AvgIpc) is 2.59. The summed E-state index contributed by atoms with van der Waals surface area (Å²) in [5.74, 6) is -0.905. The van der Waals surface area contributed by atoms with Gasteiger partial charge < -0.3 is 9.67 Å². The highest BCUT2D eigenvalue weighted by atomic mass is 16.4. The second-order valence-corrected chi connectivity index (χ2v) is 3.75. The Balaban J connectivity index is 2.82. The maximum Gasteiger partial charge on any atom is 0.352 e. The van der Waals surface area contributed by atoms with Crippen LogP contribution < -0.4 is 0 Å². The third-order valence-electron chi connectivity index (χ3n) is 2.65. The van der Waals surface area contributed by atoms with E-state index in [1.165, 1.54) is 0 Å². The lowest BCUT2D eigenvalue weighted by Crippen LogP contribution is -2.07. The lowest BCUT2D eigenvalue weighted by atomic mass is 10.2. The fraction of sp³-hybridized carbons (Fsp3) is 0.154. The van der Waals surface area contributed by atoms with Gasteiger partial charge in [-0.15, -0.1) is 6.58 Å². The number of rotatable bonds is 3. The van der Waals surface area contributed by atoms with Crippen molar-refractivity contribution in [3.8, 4) is 0 Å². The molecule has 0 fully saturated rings. The summed E-state index contributed by atoms with van der Waals surface area (Å²) in [6, 6.07) is 7.54. The molecule has 1 aromatic carbocycles. The largest absolute Gasteiger partial charge is 0.477 e. The number of fused-ring (bicyclic) bond motifs is 1. The second-order valence-electron chi connectivity index (χ2n) is 3.75. The number of allylic oxidation sites excluding steroid dienone is 1. The van der Waals surface area contributed by atoms with Gasteiger partial charge in [0.2, 0.25) is 0 Å². The molecule has 0 spiro atoms. The highest BCUT2D eigenvalue weighted by Crippen LogP contribution is 2.23. The lowest BCUT2D eigenvalue weighted by Gasteiger charge is -2.06. The molecule has 0 amide bonds. The maximum absolute atomic E-state index is 11.1. The van der Waals surface area contributed by atoms with Crippen LogP contribution in [0.15, 0.2) is 36.9 Å². The van der Waals surface area contributed by atoms with Gasteiger partial charge in [0, 0.05) is 11.9 Å².